The standard InChI is InChI=1S/C23H37N7O/c1-5-24-23(30-11-8-20(15-30)21-13-26-28(4)14-21)25-12-19-6-9-29(10-7-19)16-22-27-17(2)18(3)31-22/h13-14,19-20H,5-12,15-16H2,1-4H3,(H,24,25). The second kappa shape index (κ2) is 9.85. The molecule has 2 fully saturated rings. The Hall–Kier alpha value is -2.35. The van der Waals surface area contributed by atoms with Gasteiger partial charge in [-0.15, -0.1) is 0 Å². The Labute approximate surface area is 185 Å². The highest BCUT2D eigenvalue weighted by atomic mass is 16.4. The topological polar surface area (TPSA) is 74.7 Å². The first-order chi connectivity index (χ1) is 15.0. The molecule has 170 valence electrons. The number of aryl methyl sites for hydroxylation is 3. The second-order valence-electron chi connectivity index (χ2n) is 9.04. The fraction of sp³-hybridized carbons (Fsp3) is 0.696. The van der Waals surface area contributed by atoms with Crippen LogP contribution in [0.2, 0.25) is 0 Å². The average Bonchev–Trinajstić information content (AvgIpc) is 3.47. The molecule has 1 atom stereocenters. The number of guanidine groups is 1. The zero-order valence-electron chi connectivity index (χ0n) is 19.5. The quantitative estimate of drug-likeness (QED) is 0.564. The van der Waals surface area contributed by atoms with Gasteiger partial charge in [0, 0.05) is 45.3 Å². The first kappa shape index (κ1) is 21.9. The van der Waals surface area contributed by atoms with Gasteiger partial charge in [0.25, 0.3) is 0 Å². The molecule has 2 aliphatic heterocycles. The van der Waals surface area contributed by atoms with E-state index in [0.29, 0.717) is 11.8 Å². The SMILES string of the molecule is CCNC(=NCC1CCN(Cc2nc(C)c(C)o2)CC1)N1CCC(c2cnn(C)c2)C1. The van der Waals surface area contributed by atoms with E-state index in [-0.39, 0.29) is 0 Å². The molecular weight excluding hydrogens is 390 g/mol. The summed E-state index contributed by atoms with van der Waals surface area (Å²) >= 11 is 0. The van der Waals surface area contributed by atoms with Gasteiger partial charge in [-0.25, -0.2) is 4.98 Å². The molecule has 0 bridgehead atoms. The van der Waals surface area contributed by atoms with Crippen molar-refractivity contribution in [3.63, 3.8) is 0 Å². The van der Waals surface area contributed by atoms with Crippen LogP contribution in [0.5, 0.6) is 0 Å². The van der Waals surface area contributed by atoms with Gasteiger partial charge in [-0.3, -0.25) is 14.6 Å². The fourth-order valence-electron chi connectivity index (χ4n) is 4.64. The number of nitrogens with zero attached hydrogens (tertiary/aromatic N) is 6. The fourth-order valence-corrected chi connectivity index (χ4v) is 4.64. The van der Waals surface area contributed by atoms with Crippen molar-refractivity contribution in [2.45, 2.75) is 52.5 Å². The molecule has 0 saturated carbocycles. The number of nitrogens with one attached hydrogen (secondary N) is 1. The van der Waals surface area contributed by atoms with Crippen molar-refractivity contribution >= 4 is 5.96 Å². The second-order valence-corrected chi connectivity index (χ2v) is 9.04. The maximum Gasteiger partial charge on any atom is 0.208 e. The van der Waals surface area contributed by atoms with Crippen molar-refractivity contribution in [1.82, 2.24) is 29.9 Å². The molecule has 8 heteroatoms. The third kappa shape index (κ3) is 5.47. The maximum atomic E-state index is 5.75. The lowest BCUT2D eigenvalue weighted by molar-refractivity contribution is 0.166. The van der Waals surface area contributed by atoms with Gasteiger partial charge in [0.2, 0.25) is 5.89 Å². The van der Waals surface area contributed by atoms with E-state index >= 15 is 0 Å². The highest BCUT2D eigenvalue weighted by Crippen LogP contribution is 2.27. The summed E-state index contributed by atoms with van der Waals surface area (Å²) in [6, 6.07) is 0. The Bertz CT molecular complexity index is 859. The molecule has 0 aromatic carbocycles. The van der Waals surface area contributed by atoms with E-state index in [9.17, 15) is 0 Å². The first-order valence-corrected chi connectivity index (χ1v) is 11.7. The summed E-state index contributed by atoms with van der Waals surface area (Å²) in [6.45, 7) is 13.0. The van der Waals surface area contributed by atoms with Crippen LogP contribution in [-0.2, 0) is 13.6 Å². The van der Waals surface area contributed by atoms with Crippen LogP contribution in [0.25, 0.3) is 0 Å². The summed E-state index contributed by atoms with van der Waals surface area (Å²) < 4.78 is 7.65. The molecule has 0 spiro atoms. The van der Waals surface area contributed by atoms with E-state index in [1.807, 2.05) is 31.8 Å². The van der Waals surface area contributed by atoms with Crippen molar-refractivity contribution in [2.24, 2.45) is 18.0 Å². The lowest BCUT2D eigenvalue weighted by Gasteiger charge is -2.30. The van der Waals surface area contributed by atoms with Gasteiger partial charge in [-0.05, 0) is 64.6 Å². The van der Waals surface area contributed by atoms with Gasteiger partial charge >= 0.3 is 0 Å². The summed E-state index contributed by atoms with van der Waals surface area (Å²) in [4.78, 5) is 14.4. The largest absolute Gasteiger partial charge is 0.444 e. The number of oxazole rings is 1. The van der Waals surface area contributed by atoms with E-state index in [4.69, 9.17) is 9.41 Å². The molecule has 4 heterocycles. The Morgan fingerprint density at radius 3 is 2.68 bits per heavy atom. The number of hydrogen-bond donors (Lipinski definition) is 1. The minimum Gasteiger partial charge on any atom is -0.444 e. The van der Waals surface area contributed by atoms with Crippen LogP contribution in [0.3, 0.4) is 0 Å². The predicted octanol–water partition coefficient (Wildman–Crippen LogP) is 2.69. The highest BCUT2D eigenvalue weighted by Gasteiger charge is 2.27. The summed E-state index contributed by atoms with van der Waals surface area (Å²) in [5.74, 6) is 4.04. The third-order valence-electron chi connectivity index (χ3n) is 6.66. The monoisotopic (exact) mass is 427 g/mol. The molecule has 0 radical (unpaired) electrons. The minimum absolute atomic E-state index is 0.545. The zero-order chi connectivity index (χ0) is 21.8. The Kier molecular flexibility index (Phi) is 6.95. The van der Waals surface area contributed by atoms with Crippen molar-refractivity contribution in [1.29, 1.82) is 0 Å². The summed E-state index contributed by atoms with van der Waals surface area (Å²) in [5, 5.41) is 7.86. The number of piperidine rings is 1. The van der Waals surface area contributed by atoms with E-state index < -0.39 is 0 Å². The van der Waals surface area contributed by atoms with Gasteiger partial charge < -0.3 is 14.6 Å². The molecule has 2 saturated heterocycles. The maximum absolute atomic E-state index is 5.75. The lowest BCUT2D eigenvalue weighted by atomic mass is 9.97. The molecule has 0 aliphatic carbocycles. The average molecular weight is 428 g/mol. The lowest BCUT2D eigenvalue weighted by Crippen LogP contribution is -2.40. The highest BCUT2D eigenvalue weighted by molar-refractivity contribution is 5.80. The van der Waals surface area contributed by atoms with E-state index in [1.54, 1.807) is 0 Å². The smallest absolute Gasteiger partial charge is 0.208 e. The number of hydrogen-bond acceptors (Lipinski definition) is 5. The normalized spacial score (nSPS) is 21.2. The van der Waals surface area contributed by atoms with Crippen molar-refractivity contribution in [3.05, 3.63) is 35.3 Å². The van der Waals surface area contributed by atoms with Crippen LogP contribution in [0.4, 0.5) is 0 Å². The Morgan fingerprint density at radius 2 is 2.03 bits per heavy atom. The minimum atomic E-state index is 0.545. The Morgan fingerprint density at radius 1 is 1.23 bits per heavy atom. The van der Waals surface area contributed by atoms with Crippen LogP contribution >= 0.6 is 0 Å². The zero-order valence-corrected chi connectivity index (χ0v) is 19.5. The molecule has 8 nitrogen and oxygen atoms in total. The predicted molar refractivity (Wildman–Crippen MR) is 122 cm³/mol. The third-order valence-corrected chi connectivity index (χ3v) is 6.66. The van der Waals surface area contributed by atoms with Gasteiger partial charge in [0.15, 0.2) is 5.96 Å². The van der Waals surface area contributed by atoms with Crippen LogP contribution in [0, 0.1) is 19.8 Å². The number of aromatic nitrogens is 3. The van der Waals surface area contributed by atoms with Crippen LogP contribution in [-0.4, -0.2) is 69.8 Å². The van der Waals surface area contributed by atoms with Gasteiger partial charge in [-0.2, -0.15) is 5.10 Å². The van der Waals surface area contributed by atoms with Crippen molar-refractivity contribution in [3.8, 4) is 0 Å². The molecule has 1 unspecified atom stereocenters. The molecular formula is C23H37N7O. The van der Waals surface area contributed by atoms with Crippen LogP contribution in [0.1, 0.15) is 55.0 Å². The molecule has 4 rings (SSSR count). The number of aliphatic imine (C=N–C) groups is 1. The molecule has 31 heavy (non-hydrogen) atoms. The molecule has 2 aliphatic rings. The van der Waals surface area contributed by atoms with Crippen LogP contribution < -0.4 is 5.32 Å². The first-order valence-electron chi connectivity index (χ1n) is 11.7. The molecule has 2 aromatic rings. The molecule has 1 N–H and O–H groups in total. The summed E-state index contributed by atoms with van der Waals surface area (Å²) in [6.07, 6.45) is 7.67. The van der Waals surface area contributed by atoms with Crippen molar-refractivity contribution in [2.75, 3.05) is 39.3 Å². The van der Waals surface area contributed by atoms with E-state index in [1.165, 1.54) is 18.4 Å². The van der Waals surface area contributed by atoms with Gasteiger partial charge in [-0.1, -0.05) is 0 Å². The van der Waals surface area contributed by atoms with Gasteiger partial charge in [0.1, 0.15) is 5.76 Å². The van der Waals surface area contributed by atoms with E-state index in [0.717, 1.165) is 75.5 Å². The van der Waals surface area contributed by atoms with E-state index in [2.05, 4.69) is 38.3 Å². The van der Waals surface area contributed by atoms with Gasteiger partial charge in [0.05, 0.1) is 18.4 Å². The number of likely N-dealkylation sites (tertiary alicyclic amines) is 2. The summed E-state index contributed by atoms with van der Waals surface area (Å²) in [7, 11) is 1.99. The number of rotatable bonds is 6. The molecule has 2 aromatic heterocycles. The Balaban J connectivity index is 1.27. The summed E-state index contributed by atoms with van der Waals surface area (Å²) in [5.41, 5.74) is 2.34. The molecule has 0 amide bonds. The van der Waals surface area contributed by atoms with Crippen LogP contribution in [0.15, 0.2) is 21.8 Å². The van der Waals surface area contributed by atoms with Crippen molar-refractivity contribution < 1.29 is 4.42 Å².